The highest BCUT2D eigenvalue weighted by atomic mass is 16.5. The fourth-order valence-corrected chi connectivity index (χ4v) is 1.78. The van der Waals surface area contributed by atoms with Gasteiger partial charge in [-0.15, -0.1) is 0 Å². The van der Waals surface area contributed by atoms with Gasteiger partial charge >= 0.3 is 0 Å². The van der Waals surface area contributed by atoms with Gasteiger partial charge in [0.05, 0.1) is 12.8 Å². The zero-order valence-electron chi connectivity index (χ0n) is 10.9. The second-order valence-electron chi connectivity index (χ2n) is 4.25. The summed E-state index contributed by atoms with van der Waals surface area (Å²) in [7, 11) is 1.63. The van der Waals surface area contributed by atoms with E-state index in [-0.39, 0.29) is 0 Å². The highest BCUT2D eigenvalue weighted by molar-refractivity contribution is 5.59. The summed E-state index contributed by atoms with van der Waals surface area (Å²) in [5.41, 5.74) is 8.67. The van der Waals surface area contributed by atoms with Gasteiger partial charge in [-0.3, -0.25) is 0 Å². The van der Waals surface area contributed by atoms with Gasteiger partial charge in [0.15, 0.2) is 17.2 Å². The summed E-state index contributed by atoms with van der Waals surface area (Å²) in [5, 5.41) is 0. The van der Waals surface area contributed by atoms with Crippen molar-refractivity contribution >= 4 is 5.69 Å². The first-order valence-electron chi connectivity index (χ1n) is 5.79. The van der Waals surface area contributed by atoms with E-state index in [0.717, 1.165) is 11.1 Å². The van der Waals surface area contributed by atoms with Gasteiger partial charge in [0.2, 0.25) is 0 Å². The molecule has 0 fully saturated rings. The molecule has 0 amide bonds. The molecule has 0 spiro atoms. The van der Waals surface area contributed by atoms with Gasteiger partial charge in [0.25, 0.3) is 0 Å². The fraction of sp³-hybridized carbons (Fsp3) is 0.200. The maximum atomic E-state index is 5.92. The highest BCUT2D eigenvalue weighted by Gasteiger charge is 2.09. The van der Waals surface area contributed by atoms with Crippen molar-refractivity contribution in [1.82, 2.24) is 0 Å². The number of nitrogen functional groups attached to an aromatic ring is 1. The standard InChI is InChI=1S/C15H17NO2/c1-10-7-8-13(14(9-10)17-3)18-15-11(2)5-4-6-12(15)16/h4-9H,16H2,1-3H3. The average molecular weight is 243 g/mol. The van der Waals surface area contributed by atoms with E-state index in [1.54, 1.807) is 7.11 Å². The molecule has 0 aromatic heterocycles. The van der Waals surface area contributed by atoms with Crippen LogP contribution in [0.3, 0.4) is 0 Å². The van der Waals surface area contributed by atoms with Crippen molar-refractivity contribution in [2.24, 2.45) is 0 Å². The van der Waals surface area contributed by atoms with E-state index >= 15 is 0 Å². The lowest BCUT2D eigenvalue weighted by atomic mass is 10.2. The molecule has 0 radical (unpaired) electrons. The van der Waals surface area contributed by atoms with Crippen LogP contribution >= 0.6 is 0 Å². The fourth-order valence-electron chi connectivity index (χ4n) is 1.78. The molecule has 3 nitrogen and oxygen atoms in total. The lowest BCUT2D eigenvalue weighted by Gasteiger charge is -2.14. The Labute approximate surface area is 107 Å². The zero-order chi connectivity index (χ0) is 13.1. The third-order valence-electron chi connectivity index (χ3n) is 2.77. The topological polar surface area (TPSA) is 44.5 Å². The smallest absolute Gasteiger partial charge is 0.169 e. The summed E-state index contributed by atoms with van der Waals surface area (Å²) in [5.74, 6) is 2.06. The predicted octanol–water partition coefficient (Wildman–Crippen LogP) is 3.69. The van der Waals surface area contributed by atoms with Crippen molar-refractivity contribution in [2.45, 2.75) is 13.8 Å². The van der Waals surface area contributed by atoms with Gasteiger partial charge in [-0.2, -0.15) is 0 Å². The summed E-state index contributed by atoms with van der Waals surface area (Å²) in [6, 6.07) is 11.5. The van der Waals surface area contributed by atoms with Crippen molar-refractivity contribution in [3.8, 4) is 17.2 Å². The molecule has 3 heteroatoms. The van der Waals surface area contributed by atoms with Gasteiger partial charge in [-0.05, 0) is 43.2 Å². The van der Waals surface area contributed by atoms with Gasteiger partial charge in [0, 0.05) is 0 Å². The van der Waals surface area contributed by atoms with Crippen molar-refractivity contribution in [3.63, 3.8) is 0 Å². The molecule has 0 bridgehead atoms. The van der Waals surface area contributed by atoms with Crippen LogP contribution in [0.5, 0.6) is 17.2 Å². The van der Waals surface area contributed by atoms with Crippen molar-refractivity contribution in [3.05, 3.63) is 47.5 Å². The minimum Gasteiger partial charge on any atom is -0.493 e. The SMILES string of the molecule is COc1cc(C)ccc1Oc1c(C)cccc1N. The number of hydrogen-bond donors (Lipinski definition) is 1. The Morgan fingerprint density at radius 3 is 2.44 bits per heavy atom. The number of rotatable bonds is 3. The van der Waals surface area contributed by atoms with E-state index in [1.807, 2.05) is 50.2 Å². The van der Waals surface area contributed by atoms with Crippen LogP contribution in [-0.4, -0.2) is 7.11 Å². The normalized spacial score (nSPS) is 10.2. The van der Waals surface area contributed by atoms with Crippen LogP contribution in [0.4, 0.5) is 5.69 Å². The van der Waals surface area contributed by atoms with Gasteiger partial charge < -0.3 is 15.2 Å². The molecule has 0 atom stereocenters. The van der Waals surface area contributed by atoms with E-state index in [9.17, 15) is 0 Å². The number of nitrogens with two attached hydrogens (primary N) is 1. The molecule has 0 saturated carbocycles. The molecule has 0 saturated heterocycles. The zero-order valence-corrected chi connectivity index (χ0v) is 10.9. The van der Waals surface area contributed by atoms with E-state index in [1.165, 1.54) is 0 Å². The Morgan fingerprint density at radius 1 is 1.00 bits per heavy atom. The monoisotopic (exact) mass is 243 g/mol. The van der Waals surface area contributed by atoms with Crippen molar-refractivity contribution < 1.29 is 9.47 Å². The van der Waals surface area contributed by atoms with Crippen LogP contribution in [0, 0.1) is 13.8 Å². The van der Waals surface area contributed by atoms with Crippen molar-refractivity contribution in [1.29, 1.82) is 0 Å². The second kappa shape index (κ2) is 5.00. The highest BCUT2D eigenvalue weighted by Crippen LogP contribution is 2.36. The van der Waals surface area contributed by atoms with Gasteiger partial charge in [0.1, 0.15) is 0 Å². The molecule has 2 aromatic rings. The molecule has 0 heterocycles. The minimum atomic E-state index is 0.623. The number of anilines is 1. The number of hydrogen-bond acceptors (Lipinski definition) is 3. The Balaban J connectivity index is 2.40. The van der Waals surface area contributed by atoms with Gasteiger partial charge in [-0.25, -0.2) is 0 Å². The molecule has 0 aliphatic heterocycles. The van der Waals surface area contributed by atoms with Crippen LogP contribution in [0.1, 0.15) is 11.1 Å². The third-order valence-corrected chi connectivity index (χ3v) is 2.77. The summed E-state index contributed by atoms with van der Waals surface area (Å²) in [6.07, 6.45) is 0. The largest absolute Gasteiger partial charge is 0.493 e. The predicted molar refractivity (Wildman–Crippen MR) is 73.4 cm³/mol. The molecule has 2 rings (SSSR count). The molecular formula is C15H17NO2. The number of aryl methyl sites for hydroxylation is 2. The molecule has 0 aliphatic rings. The molecule has 2 N–H and O–H groups in total. The summed E-state index contributed by atoms with van der Waals surface area (Å²) < 4.78 is 11.2. The molecule has 2 aromatic carbocycles. The van der Waals surface area contributed by atoms with Crippen LogP contribution in [0.2, 0.25) is 0 Å². The average Bonchev–Trinajstić information content (AvgIpc) is 2.35. The minimum absolute atomic E-state index is 0.623. The van der Waals surface area contributed by atoms with Crippen molar-refractivity contribution in [2.75, 3.05) is 12.8 Å². The maximum absolute atomic E-state index is 5.92. The molecule has 94 valence electrons. The van der Waals surface area contributed by atoms with Crippen LogP contribution < -0.4 is 15.2 Å². The number of methoxy groups -OCH3 is 1. The van der Waals surface area contributed by atoms with E-state index in [0.29, 0.717) is 22.9 Å². The Kier molecular flexibility index (Phi) is 3.42. The first-order valence-corrected chi connectivity index (χ1v) is 5.79. The lowest BCUT2D eigenvalue weighted by Crippen LogP contribution is -1.96. The quantitative estimate of drug-likeness (QED) is 0.836. The Hall–Kier alpha value is -2.16. The third kappa shape index (κ3) is 2.40. The summed E-state index contributed by atoms with van der Waals surface area (Å²) >= 11 is 0. The number of benzene rings is 2. The maximum Gasteiger partial charge on any atom is 0.169 e. The van der Waals surface area contributed by atoms with E-state index in [2.05, 4.69) is 0 Å². The first kappa shape index (κ1) is 12.3. The Morgan fingerprint density at radius 2 is 1.78 bits per heavy atom. The summed E-state index contributed by atoms with van der Waals surface area (Å²) in [6.45, 7) is 3.97. The lowest BCUT2D eigenvalue weighted by molar-refractivity contribution is 0.378. The van der Waals surface area contributed by atoms with Crippen LogP contribution in [0.15, 0.2) is 36.4 Å². The Bertz CT molecular complexity index is 544. The summed E-state index contributed by atoms with van der Waals surface area (Å²) in [4.78, 5) is 0. The van der Waals surface area contributed by atoms with E-state index < -0.39 is 0 Å². The molecular weight excluding hydrogens is 226 g/mol. The van der Waals surface area contributed by atoms with Crippen LogP contribution in [-0.2, 0) is 0 Å². The number of ether oxygens (including phenoxy) is 2. The molecule has 0 aliphatic carbocycles. The molecule has 0 unspecified atom stereocenters. The second-order valence-corrected chi connectivity index (χ2v) is 4.25. The van der Waals surface area contributed by atoms with E-state index in [4.69, 9.17) is 15.2 Å². The first-order chi connectivity index (χ1) is 8.61. The van der Waals surface area contributed by atoms with Crippen LogP contribution in [0.25, 0.3) is 0 Å². The number of para-hydroxylation sites is 1. The van der Waals surface area contributed by atoms with Gasteiger partial charge in [-0.1, -0.05) is 18.2 Å². The molecule has 18 heavy (non-hydrogen) atoms.